The predicted molar refractivity (Wildman–Crippen MR) is 159 cm³/mol. The van der Waals surface area contributed by atoms with Gasteiger partial charge in [0.25, 0.3) is 0 Å². The third-order valence-electron chi connectivity index (χ3n) is 7.46. The van der Waals surface area contributed by atoms with E-state index in [1.54, 1.807) is 7.11 Å². The number of aromatic nitrogens is 2. The Morgan fingerprint density at radius 2 is 1.65 bits per heavy atom. The summed E-state index contributed by atoms with van der Waals surface area (Å²) in [5, 5.41) is 7.98. The van der Waals surface area contributed by atoms with Gasteiger partial charge in [-0.05, 0) is 60.6 Å². The van der Waals surface area contributed by atoms with Crippen molar-refractivity contribution in [2.24, 2.45) is 5.92 Å². The Hall–Kier alpha value is -4.62. The minimum Gasteiger partial charge on any atom is -0.495 e. The number of urea groups is 1. The van der Waals surface area contributed by atoms with Gasteiger partial charge in [0.05, 0.1) is 36.2 Å². The predicted octanol–water partition coefficient (Wildman–Crippen LogP) is 7.31. The number of amides is 2. The number of carbonyl (C=O) groups excluding carboxylic acids is 1. The van der Waals surface area contributed by atoms with Gasteiger partial charge in [0.15, 0.2) is 0 Å². The number of fused-ring (bicyclic) bond motifs is 1. The van der Waals surface area contributed by atoms with Crippen LogP contribution in [0.3, 0.4) is 0 Å². The summed E-state index contributed by atoms with van der Waals surface area (Å²) in [4.78, 5) is 17.9. The maximum absolute atomic E-state index is 13.2. The highest BCUT2D eigenvalue weighted by molar-refractivity contribution is 6.08. The third kappa shape index (κ3) is 5.55. The molecular weight excluding hydrogens is 500 g/mol. The van der Waals surface area contributed by atoms with Gasteiger partial charge in [0, 0.05) is 30.2 Å². The van der Waals surface area contributed by atoms with E-state index in [0.717, 1.165) is 71.4 Å². The van der Waals surface area contributed by atoms with E-state index in [9.17, 15) is 4.79 Å². The average Bonchev–Trinajstić information content (AvgIpc) is 3.46. The van der Waals surface area contributed by atoms with Crippen LogP contribution in [0.15, 0.2) is 97.5 Å². The van der Waals surface area contributed by atoms with E-state index < -0.39 is 0 Å². The first kappa shape index (κ1) is 25.6. The zero-order chi connectivity index (χ0) is 27.3. The number of rotatable bonds is 7. The van der Waals surface area contributed by atoms with E-state index in [-0.39, 0.29) is 6.03 Å². The van der Waals surface area contributed by atoms with Gasteiger partial charge in [-0.25, -0.2) is 9.78 Å². The van der Waals surface area contributed by atoms with Gasteiger partial charge in [-0.3, -0.25) is 0 Å². The zero-order valence-corrected chi connectivity index (χ0v) is 22.5. The van der Waals surface area contributed by atoms with Crippen LogP contribution in [0.5, 0.6) is 5.75 Å². The van der Waals surface area contributed by atoms with Gasteiger partial charge in [-0.15, -0.1) is 0 Å². The summed E-state index contributed by atoms with van der Waals surface area (Å²) in [5.74, 6) is 1.21. The summed E-state index contributed by atoms with van der Waals surface area (Å²) >= 11 is 0. The lowest BCUT2D eigenvalue weighted by atomic mass is 9.95. The van der Waals surface area contributed by atoms with Gasteiger partial charge < -0.3 is 24.7 Å². The van der Waals surface area contributed by atoms with Crippen molar-refractivity contribution in [3.05, 3.63) is 103 Å². The number of anilines is 2. The van der Waals surface area contributed by atoms with Crippen molar-refractivity contribution in [2.75, 3.05) is 31.0 Å². The van der Waals surface area contributed by atoms with Crippen molar-refractivity contribution in [3.8, 4) is 22.6 Å². The summed E-state index contributed by atoms with van der Waals surface area (Å²) in [6.07, 6.45) is 7.12. The SMILES string of the molecule is COc1ccc(-c2ccccc2)cc1NC(=O)Nc1ccc(-n2cnc(CC3CCOCC3)c2)c2ccccc12. The molecule has 202 valence electrons. The van der Waals surface area contributed by atoms with Crippen molar-refractivity contribution in [2.45, 2.75) is 19.3 Å². The van der Waals surface area contributed by atoms with E-state index in [4.69, 9.17) is 9.47 Å². The molecule has 4 aromatic carbocycles. The molecule has 0 bridgehead atoms. The summed E-state index contributed by atoms with van der Waals surface area (Å²) < 4.78 is 13.1. The fourth-order valence-electron chi connectivity index (χ4n) is 5.36. The fraction of sp³-hybridized carbons (Fsp3) is 0.212. The van der Waals surface area contributed by atoms with Crippen molar-refractivity contribution in [3.63, 3.8) is 0 Å². The number of imidazole rings is 1. The monoisotopic (exact) mass is 532 g/mol. The maximum atomic E-state index is 13.2. The first-order chi connectivity index (χ1) is 19.7. The Bertz CT molecular complexity index is 1620. The van der Waals surface area contributed by atoms with Gasteiger partial charge >= 0.3 is 6.03 Å². The van der Waals surface area contributed by atoms with Crippen LogP contribution in [0.4, 0.5) is 16.2 Å². The lowest BCUT2D eigenvalue weighted by molar-refractivity contribution is 0.0663. The third-order valence-corrected chi connectivity index (χ3v) is 7.46. The Balaban J connectivity index is 1.23. The summed E-state index contributed by atoms with van der Waals surface area (Å²) in [5.41, 5.74) is 5.47. The molecule has 5 aromatic rings. The molecule has 2 heterocycles. The largest absolute Gasteiger partial charge is 0.495 e. The quantitative estimate of drug-likeness (QED) is 0.230. The molecule has 1 saturated heterocycles. The van der Waals surface area contributed by atoms with Crippen LogP contribution in [0.1, 0.15) is 18.5 Å². The Kier molecular flexibility index (Phi) is 7.46. The van der Waals surface area contributed by atoms with Gasteiger partial charge in [0.2, 0.25) is 0 Å². The minimum atomic E-state index is -0.345. The number of hydrogen-bond acceptors (Lipinski definition) is 4. The first-order valence-corrected chi connectivity index (χ1v) is 13.6. The zero-order valence-electron chi connectivity index (χ0n) is 22.5. The van der Waals surface area contributed by atoms with Crippen LogP contribution >= 0.6 is 0 Å². The molecule has 2 N–H and O–H groups in total. The molecule has 0 unspecified atom stereocenters. The number of carbonyl (C=O) groups is 1. The molecule has 2 amide bonds. The number of methoxy groups -OCH3 is 1. The highest BCUT2D eigenvalue weighted by Gasteiger charge is 2.17. The number of hydrogen-bond donors (Lipinski definition) is 2. The molecule has 7 heteroatoms. The van der Waals surface area contributed by atoms with Gasteiger partial charge in [-0.2, -0.15) is 0 Å². The number of nitrogens with one attached hydrogen (secondary N) is 2. The van der Waals surface area contributed by atoms with E-state index in [1.807, 2.05) is 85.2 Å². The molecular formula is C33H32N4O3. The molecule has 1 aliphatic rings. The first-order valence-electron chi connectivity index (χ1n) is 13.6. The topological polar surface area (TPSA) is 77.4 Å². The Morgan fingerprint density at radius 1 is 0.900 bits per heavy atom. The van der Waals surface area contributed by atoms with Crippen molar-refractivity contribution in [1.82, 2.24) is 9.55 Å². The number of ether oxygens (including phenoxy) is 2. The molecule has 0 saturated carbocycles. The molecule has 0 radical (unpaired) electrons. The second kappa shape index (κ2) is 11.6. The van der Waals surface area contributed by atoms with Crippen LogP contribution in [-0.4, -0.2) is 35.9 Å². The normalized spacial score (nSPS) is 13.7. The smallest absolute Gasteiger partial charge is 0.323 e. The summed E-state index contributed by atoms with van der Waals surface area (Å²) in [7, 11) is 1.60. The van der Waals surface area contributed by atoms with Crippen LogP contribution in [0, 0.1) is 5.92 Å². The number of benzene rings is 4. The second-order valence-electron chi connectivity index (χ2n) is 10.1. The molecule has 40 heavy (non-hydrogen) atoms. The molecule has 0 atom stereocenters. The molecule has 1 aromatic heterocycles. The van der Waals surface area contributed by atoms with Crippen LogP contribution in [-0.2, 0) is 11.2 Å². The van der Waals surface area contributed by atoms with E-state index >= 15 is 0 Å². The van der Waals surface area contributed by atoms with Crippen molar-refractivity contribution < 1.29 is 14.3 Å². The molecule has 0 spiro atoms. The van der Waals surface area contributed by atoms with Crippen LogP contribution in [0.2, 0.25) is 0 Å². The molecule has 0 aliphatic carbocycles. The van der Waals surface area contributed by atoms with Crippen molar-refractivity contribution >= 4 is 28.2 Å². The van der Waals surface area contributed by atoms with E-state index in [1.165, 1.54) is 0 Å². The Labute approximate surface area is 233 Å². The van der Waals surface area contributed by atoms with Gasteiger partial charge in [-0.1, -0.05) is 60.7 Å². The van der Waals surface area contributed by atoms with Crippen LogP contribution in [0.25, 0.3) is 27.6 Å². The highest BCUT2D eigenvalue weighted by atomic mass is 16.5. The minimum absolute atomic E-state index is 0.345. The second-order valence-corrected chi connectivity index (χ2v) is 10.1. The maximum Gasteiger partial charge on any atom is 0.323 e. The summed E-state index contributed by atoms with van der Waals surface area (Å²) in [6, 6.07) is 27.5. The van der Waals surface area contributed by atoms with Crippen molar-refractivity contribution in [1.29, 1.82) is 0 Å². The molecule has 1 fully saturated rings. The molecule has 1 aliphatic heterocycles. The highest BCUT2D eigenvalue weighted by Crippen LogP contribution is 2.32. The van der Waals surface area contributed by atoms with Gasteiger partial charge in [0.1, 0.15) is 5.75 Å². The number of nitrogens with zero attached hydrogens (tertiary/aromatic N) is 2. The summed E-state index contributed by atoms with van der Waals surface area (Å²) in [6.45, 7) is 1.67. The lowest BCUT2D eigenvalue weighted by Crippen LogP contribution is -2.20. The molecule has 7 nitrogen and oxygen atoms in total. The van der Waals surface area contributed by atoms with E-state index in [0.29, 0.717) is 17.4 Å². The molecule has 6 rings (SSSR count). The fourth-order valence-corrected chi connectivity index (χ4v) is 5.36. The van der Waals surface area contributed by atoms with E-state index in [2.05, 4.69) is 32.4 Å². The van der Waals surface area contributed by atoms with Crippen LogP contribution < -0.4 is 15.4 Å². The average molecular weight is 533 g/mol. The standard InChI is InChI=1S/C33H32N4O3/c1-39-32-14-11-25(24-7-3-2-4-8-24)20-30(32)36-33(38)35-29-12-13-31(28-10-6-5-9-27(28)29)37-21-26(34-22-37)19-23-15-17-40-18-16-23/h2-14,20-23H,15-19H2,1H3,(H2,35,36,38). The Morgan fingerprint density at radius 3 is 2.45 bits per heavy atom. The lowest BCUT2D eigenvalue weighted by Gasteiger charge is -2.20.